The summed E-state index contributed by atoms with van der Waals surface area (Å²) in [7, 11) is 0. The van der Waals surface area contributed by atoms with Crippen LogP contribution in [-0.4, -0.2) is 41.3 Å². The molecule has 1 saturated carbocycles. The van der Waals surface area contributed by atoms with Crippen LogP contribution < -0.4 is 10.6 Å². The van der Waals surface area contributed by atoms with Crippen LogP contribution in [0.15, 0.2) is 24.3 Å². The second-order valence-electron chi connectivity index (χ2n) is 8.83. The molecule has 7 nitrogen and oxygen atoms in total. The number of alkyl carbamates (subject to hydrolysis) is 1. The summed E-state index contributed by atoms with van der Waals surface area (Å²) in [5.41, 5.74) is 0.352. The number of carbonyl (C=O) groups excluding carboxylic acids is 2. The van der Waals surface area contributed by atoms with Gasteiger partial charge in [0, 0.05) is 22.5 Å². The Bertz CT molecular complexity index is 754. The van der Waals surface area contributed by atoms with Crippen molar-refractivity contribution in [3.63, 3.8) is 0 Å². The summed E-state index contributed by atoms with van der Waals surface area (Å²) in [6.07, 6.45) is 2.81. The Morgan fingerprint density at radius 2 is 1.87 bits per heavy atom. The largest absolute Gasteiger partial charge is 0.480 e. The number of hydrogen-bond donors (Lipinski definition) is 3. The molecule has 0 spiro atoms. The maximum atomic E-state index is 12.6. The van der Waals surface area contributed by atoms with Crippen molar-refractivity contribution < 1.29 is 24.2 Å². The fraction of sp³-hybridized carbons (Fsp3) is 0.591. The van der Waals surface area contributed by atoms with E-state index in [4.69, 9.17) is 4.74 Å². The summed E-state index contributed by atoms with van der Waals surface area (Å²) in [4.78, 5) is 36.0. The Balaban J connectivity index is 1.79. The number of benzene rings is 1. The molecule has 0 unspecified atom stereocenters. The van der Waals surface area contributed by atoms with E-state index in [1.165, 1.54) is 0 Å². The van der Waals surface area contributed by atoms with Gasteiger partial charge in [-0.2, -0.15) is 0 Å². The molecule has 0 aromatic heterocycles. The predicted molar refractivity (Wildman–Crippen MR) is 122 cm³/mol. The number of halogens is 1. The lowest BCUT2D eigenvalue weighted by molar-refractivity contribution is -0.142. The molecule has 30 heavy (non-hydrogen) atoms. The third-order valence-electron chi connectivity index (χ3n) is 5.09. The van der Waals surface area contributed by atoms with Gasteiger partial charge in [-0.3, -0.25) is 4.79 Å². The highest BCUT2D eigenvalue weighted by atomic mass is 127. The average Bonchev–Trinajstić information content (AvgIpc) is 2.65. The fourth-order valence-electron chi connectivity index (χ4n) is 3.56. The van der Waals surface area contributed by atoms with Gasteiger partial charge >= 0.3 is 12.1 Å². The zero-order valence-corrected chi connectivity index (χ0v) is 19.9. The maximum absolute atomic E-state index is 12.6. The lowest BCUT2D eigenvalue weighted by Gasteiger charge is -2.29. The van der Waals surface area contributed by atoms with Crippen LogP contribution >= 0.6 is 22.6 Å². The summed E-state index contributed by atoms with van der Waals surface area (Å²) in [5.74, 6) is -1.13. The van der Waals surface area contributed by atoms with E-state index in [1.54, 1.807) is 0 Å². The van der Waals surface area contributed by atoms with E-state index in [9.17, 15) is 19.5 Å². The van der Waals surface area contributed by atoms with Crippen molar-refractivity contribution in [1.29, 1.82) is 0 Å². The Kier molecular flexibility index (Phi) is 8.93. The molecule has 2 amide bonds. The van der Waals surface area contributed by atoms with Crippen molar-refractivity contribution in [2.45, 2.75) is 64.5 Å². The first-order valence-corrected chi connectivity index (χ1v) is 11.4. The number of hydrogen-bond acceptors (Lipinski definition) is 4. The molecule has 0 heterocycles. The average molecular weight is 530 g/mol. The van der Waals surface area contributed by atoms with Crippen molar-refractivity contribution >= 4 is 40.6 Å². The smallest absolute Gasteiger partial charge is 0.407 e. The van der Waals surface area contributed by atoms with Crippen LogP contribution in [0.2, 0.25) is 0 Å². The molecule has 1 aliphatic rings. The number of rotatable bonds is 7. The van der Waals surface area contributed by atoms with E-state index >= 15 is 0 Å². The molecule has 2 rings (SSSR count). The summed E-state index contributed by atoms with van der Waals surface area (Å²) in [6.45, 7) is 5.98. The number of amides is 2. The van der Waals surface area contributed by atoms with Gasteiger partial charge < -0.3 is 20.5 Å². The fourth-order valence-corrected chi connectivity index (χ4v) is 4.17. The molecule has 3 N–H and O–H groups in total. The standard InChI is InChI=1S/C22H31IN2O5/c1-22(2,3)30-21(29)24-13-14-7-9-16(10-8-14)19(26)25-18(20(27)28)12-15-5-4-6-17(23)11-15/h4-6,11,14,16,18H,7-10,12-13H2,1-3H3,(H,24,29)(H,25,26)(H,27,28)/t14-,16-,18-/m0/s1. The van der Waals surface area contributed by atoms with Gasteiger partial charge in [0.15, 0.2) is 0 Å². The molecule has 1 aromatic carbocycles. The number of aliphatic carboxylic acids is 1. The number of carboxylic acids is 1. The molecule has 0 saturated heterocycles. The Morgan fingerprint density at radius 1 is 1.20 bits per heavy atom. The lowest BCUT2D eigenvalue weighted by Crippen LogP contribution is -2.46. The normalized spacial score (nSPS) is 20.1. The highest BCUT2D eigenvalue weighted by Crippen LogP contribution is 2.28. The quantitative estimate of drug-likeness (QED) is 0.466. The summed E-state index contributed by atoms with van der Waals surface area (Å²) in [5, 5.41) is 15.0. The third kappa shape index (κ3) is 8.49. The zero-order chi connectivity index (χ0) is 22.3. The molecular weight excluding hydrogens is 499 g/mol. The van der Waals surface area contributed by atoms with Gasteiger partial charge in [-0.15, -0.1) is 0 Å². The number of nitrogens with one attached hydrogen (secondary N) is 2. The zero-order valence-electron chi connectivity index (χ0n) is 17.7. The predicted octanol–water partition coefficient (Wildman–Crippen LogP) is 3.73. The minimum Gasteiger partial charge on any atom is -0.480 e. The van der Waals surface area contributed by atoms with Crippen LogP contribution in [0.3, 0.4) is 0 Å². The van der Waals surface area contributed by atoms with Crippen molar-refractivity contribution in [3.8, 4) is 0 Å². The second kappa shape index (κ2) is 11.0. The number of ether oxygens (including phenoxy) is 1. The SMILES string of the molecule is CC(C)(C)OC(=O)NC[C@H]1CC[C@H](C(=O)N[C@@H](Cc2cccc(I)c2)C(=O)O)CC1. The van der Waals surface area contributed by atoms with Gasteiger partial charge in [-0.05, 0) is 92.7 Å². The monoisotopic (exact) mass is 530 g/mol. The van der Waals surface area contributed by atoms with Crippen LogP contribution in [0.1, 0.15) is 52.0 Å². The first kappa shape index (κ1) is 24.4. The molecule has 0 radical (unpaired) electrons. The van der Waals surface area contributed by atoms with Crippen molar-refractivity contribution in [1.82, 2.24) is 10.6 Å². The molecule has 166 valence electrons. The molecule has 0 bridgehead atoms. The van der Waals surface area contributed by atoms with Gasteiger partial charge in [0.05, 0.1) is 0 Å². The molecule has 8 heteroatoms. The summed E-state index contributed by atoms with van der Waals surface area (Å²) in [6, 6.07) is 6.67. The molecule has 1 aliphatic carbocycles. The first-order valence-electron chi connectivity index (χ1n) is 10.3. The van der Waals surface area contributed by atoms with Crippen molar-refractivity contribution in [2.24, 2.45) is 11.8 Å². The van der Waals surface area contributed by atoms with Crippen LogP contribution in [-0.2, 0) is 20.7 Å². The van der Waals surface area contributed by atoms with Crippen LogP contribution in [0.5, 0.6) is 0 Å². The van der Waals surface area contributed by atoms with Gasteiger partial charge in [-0.25, -0.2) is 9.59 Å². The highest BCUT2D eigenvalue weighted by molar-refractivity contribution is 14.1. The Hall–Kier alpha value is -1.84. The van der Waals surface area contributed by atoms with Crippen LogP contribution in [0.4, 0.5) is 4.79 Å². The molecule has 1 atom stereocenters. The highest BCUT2D eigenvalue weighted by Gasteiger charge is 2.30. The van der Waals surface area contributed by atoms with Gasteiger partial charge in [-0.1, -0.05) is 12.1 Å². The minimum atomic E-state index is -1.03. The molecular formula is C22H31IN2O5. The van der Waals surface area contributed by atoms with E-state index in [1.807, 2.05) is 45.0 Å². The first-order chi connectivity index (χ1) is 14.0. The number of carboxylic acid groups (broad SMARTS) is 1. The third-order valence-corrected chi connectivity index (χ3v) is 5.77. The van der Waals surface area contributed by atoms with Gasteiger partial charge in [0.1, 0.15) is 11.6 Å². The van der Waals surface area contributed by atoms with E-state index in [-0.39, 0.29) is 18.2 Å². The van der Waals surface area contributed by atoms with E-state index < -0.39 is 23.7 Å². The van der Waals surface area contributed by atoms with Crippen LogP contribution in [0, 0.1) is 15.4 Å². The van der Waals surface area contributed by atoms with Crippen molar-refractivity contribution in [2.75, 3.05) is 6.54 Å². The number of carbonyl (C=O) groups is 3. The minimum absolute atomic E-state index is 0.194. The van der Waals surface area contributed by atoms with Crippen molar-refractivity contribution in [3.05, 3.63) is 33.4 Å². The Morgan fingerprint density at radius 3 is 2.43 bits per heavy atom. The Labute approximate surface area is 191 Å². The lowest BCUT2D eigenvalue weighted by atomic mass is 9.81. The summed E-state index contributed by atoms with van der Waals surface area (Å²) < 4.78 is 6.27. The topological polar surface area (TPSA) is 105 Å². The molecule has 0 aliphatic heterocycles. The maximum Gasteiger partial charge on any atom is 0.407 e. The van der Waals surface area contributed by atoms with E-state index in [0.29, 0.717) is 25.3 Å². The van der Waals surface area contributed by atoms with Gasteiger partial charge in [0.2, 0.25) is 5.91 Å². The van der Waals surface area contributed by atoms with E-state index in [0.717, 1.165) is 22.0 Å². The van der Waals surface area contributed by atoms with Crippen LogP contribution in [0.25, 0.3) is 0 Å². The van der Waals surface area contributed by atoms with Gasteiger partial charge in [0.25, 0.3) is 0 Å². The molecule has 1 aromatic rings. The van der Waals surface area contributed by atoms with E-state index in [2.05, 4.69) is 33.2 Å². The summed E-state index contributed by atoms with van der Waals surface area (Å²) >= 11 is 2.18. The molecule has 1 fully saturated rings. The second-order valence-corrected chi connectivity index (χ2v) is 10.1.